The Bertz CT molecular complexity index is 1350. The summed E-state index contributed by atoms with van der Waals surface area (Å²) in [6.45, 7) is 1.70. The second-order valence-electron chi connectivity index (χ2n) is 8.94. The fourth-order valence-electron chi connectivity index (χ4n) is 4.02. The van der Waals surface area contributed by atoms with E-state index in [1.807, 2.05) is 31.1 Å². The van der Waals surface area contributed by atoms with Gasteiger partial charge in [0, 0.05) is 55.2 Å². The number of nitrogens with zero attached hydrogens (tertiary/aromatic N) is 2. The largest absolute Gasteiger partial charge is 0.493 e. The monoisotopic (exact) mass is 540 g/mol. The highest BCUT2D eigenvalue weighted by Gasteiger charge is 2.25. The van der Waals surface area contributed by atoms with Crippen molar-refractivity contribution in [1.82, 2.24) is 15.5 Å². The summed E-state index contributed by atoms with van der Waals surface area (Å²) in [5, 5.41) is 5.79. The van der Waals surface area contributed by atoms with Crippen LogP contribution in [0.3, 0.4) is 0 Å². The Balaban J connectivity index is 1.55. The van der Waals surface area contributed by atoms with E-state index < -0.39 is 0 Å². The third-order valence-electron chi connectivity index (χ3n) is 6.08. The molecule has 3 amide bonds. The number of likely N-dealkylation sites (N-methyl/N-ethyl adjacent to an activating group) is 1. The van der Waals surface area contributed by atoms with Crippen LogP contribution in [-0.2, 0) is 6.42 Å². The quantitative estimate of drug-likeness (QED) is 0.474. The fraction of sp³-hybridized carbons (Fsp3) is 0.296. The van der Waals surface area contributed by atoms with Crippen LogP contribution in [0.25, 0.3) is 10.4 Å². The number of ether oxygens (including phenoxy) is 1. The maximum absolute atomic E-state index is 13.4. The molecule has 1 aliphatic rings. The maximum atomic E-state index is 13.4. The molecule has 1 aliphatic heterocycles. The average molecular weight is 541 g/mol. The molecule has 4 rings (SSSR count). The van der Waals surface area contributed by atoms with Crippen LogP contribution in [0.15, 0.2) is 42.5 Å². The van der Waals surface area contributed by atoms with Gasteiger partial charge in [0.1, 0.15) is 5.75 Å². The van der Waals surface area contributed by atoms with E-state index in [4.69, 9.17) is 16.3 Å². The summed E-state index contributed by atoms with van der Waals surface area (Å²) in [6.07, 6.45) is 0.644. The van der Waals surface area contributed by atoms with Gasteiger partial charge in [-0.15, -0.1) is 11.3 Å². The van der Waals surface area contributed by atoms with Crippen molar-refractivity contribution in [3.05, 3.63) is 69.1 Å². The Labute approximate surface area is 225 Å². The first kappa shape index (κ1) is 26.7. The molecule has 10 heteroatoms. The molecular formula is C27H29ClN4O4S. The Morgan fingerprint density at radius 2 is 1.76 bits per heavy atom. The zero-order valence-corrected chi connectivity index (χ0v) is 22.8. The van der Waals surface area contributed by atoms with Crippen LogP contribution in [0, 0.1) is 0 Å². The number of thiophene rings is 1. The number of amides is 3. The Kier molecular flexibility index (Phi) is 8.16. The number of nitrogens with one attached hydrogen (secondary N) is 2. The first-order valence-electron chi connectivity index (χ1n) is 11.8. The normalized spacial score (nSPS) is 12.2. The fourth-order valence-corrected chi connectivity index (χ4v) is 5.55. The molecule has 0 aliphatic carbocycles. The number of carbonyl (C=O) groups is 3. The standard InChI is InChI=1S/C27H29ClN4O4S/c1-29-25(33)18-5-7-19-22(14-18)36-12-9-16-15-23(37-24(16)19)27(35)32(4)21-8-6-17(13-20(21)28)26(34)30-10-11-31(2)3/h5-8,13-15H,9-12H2,1-4H3,(H,29,33)(H,30,34). The van der Waals surface area contributed by atoms with Crippen molar-refractivity contribution in [2.24, 2.45) is 0 Å². The van der Waals surface area contributed by atoms with Crippen LogP contribution in [0.5, 0.6) is 5.75 Å². The Morgan fingerprint density at radius 3 is 2.46 bits per heavy atom. The van der Waals surface area contributed by atoms with Crippen molar-refractivity contribution in [1.29, 1.82) is 0 Å². The predicted octanol–water partition coefficient (Wildman–Crippen LogP) is 3.93. The number of carbonyl (C=O) groups excluding carboxylic acids is 3. The van der Waals surface area contributed by atoms with Gasteiger partial charge >= 0.3 is 0 Å². The van der Waals surface area contributed by atoms with Gasteiger partial charge in [-0.05, 0) is 62.1 Å². The second-order valence-corrected chi connectivity index (χ2v) is 10.4. The molecule has 2 aromatic carbocycles. The average Bonchev–Trinajstić information content (AvgIpc) is 3.23. The molecule has 2 N–H and O–H groups in total. The molecule has 0 atom stereocenters. The second kappa shape index (κ2) is 11.3. The molecule has 2 heterocycles. The zero-order valence-electron chi connectivity index (χ0n) is 21.2. The summed E-state index contributed by atoms with van der Waals surface area (Å²) in [7, 11) is 7.12. The van der Waals surface area contributed by atoms with Gasteiger partial charge in [-0.2, -0.15) is 0 Å². The molecule has 8 nitrogen and oxygen atoms in total. The lowest BCUT2D eigenvalue weighted by Gasteiger charge is -2.19. The highest BCUT2D eigenvalue weighted by molar-refractivity contribution is 7.17. The van der Waals surface area contributed by atoms with E-state index in [1.54, 1.807) is 44.4 Å². The zero-order chi connectivity index (χ0) is 26.7. The first-order valence-corrected chi connectivity index (χ1v) is 13.0. The van der Waals surface area contributed by atoms with Crippen LogP contribution in [0.2, 0.25) is 5.02 Å². The van der Waals surface area contributed by atoms with Crippen molar-refractivity contribution in [2.45, 2.75) is 6.42 Å². The molecular weight excluding hydrogens is 512 g/mol. The number of anilines is 1. The van der Waals surface area contributed by atoms with E-state index >= 15 is 0 Å². The Hall–Kier alpha value is -3.40. The van der Waals surface area contributed by atoms with Crippen LogP contribution in [-0.4, -0.2) is 70.5 Å². The smallest absolute Gasteiger partial charge is 0.268 e. The number of hydrogen-bond acceptors (Lipinski definition) is 6. The summed E-state index contributed by atoms with van der Waals surface area (Å²) >= 11 is 7.88. The maximum Gasteiger partial charge on any atom is 0.268 e. The van der Waals surface area contributed by atoms with E-state index in [0.29, 0.717) is 52.0 Å². The summed E-state index contributed by atoms with van der Waals surface area (Å²) in [5.41, 5.74) is 3.34. The molecule has 37 heavy (non-hydrogen) atoms. The highest BCUT2D eigenvalue weighted by Crippen LogP contribution is 2.42. The van der Waals surface area contributed by atoms with E-state index in [2.05, 4.69) is 10.6 Å². The SMILES string of the molecule is CNC(=O)c1ccc2c(c1)OCCc1cc(C(=O)N(C)c3ccc(C(=O)NCCN(C)C)cc3Cl)sc1-2. The summed E-state index contributed by atoms with van der Waals surface area (Å²) in [6, 6.07) is 12.2. The van der Waals surface area contributed by atoms with E-state index in [9.17, 15) is 14.4 Å². The third-order valence-corrected chi connectivity index (χ3v) is 7.59. The number of benzene rings is 2. The molecule has 0 unspecified atom stereocenters. The van der Waals surface area contributed by atoms with E-state index in [1.165, 1.54) is 16.2 Å². The molecule has 0 spiro atoms. The number of hydrogen-bond donors (Lipinski definition) is 2. The van der Waals surface area contributed by atoms with Gasteiger partial charge < -0.3 is 25.2 Å². The van der Waals surface area contributed by atoms with Gasteiger partial charge in [-0.25, -0.2) is 0 Å². The van der Waals surface area contributed by atoms with Crippen LogP contribution in [0.4, 0.5) is 5.69 Å². The van der Waals surface area contributed by atoms with E-state index in [0.717, 1.165) is 22.5 Å². The van der Waals surface area contributed by atoms with Crippen LogP contribution in [0.1, 0.15) is 36.0 Å². The van der Waals surface area contributed by atoms with Crippen LogP contribution < -0.4 is 20.3 Å². The number of fused-ring (bicyclic) bond motifs is 3. The Morgan fingerprint density at radius 1 is 1.03 bits per heavy atom. The number of halogens is 1. The highest BCUT2D eigenvalue weighted by atomic mass is 35.5. The van der Waals surface area contributed by atoms with Crippen LogP contribution >= 0.6 is 22.9 Å². The van der Waals surface area contributed by atoms with Crippen molar-refractivity contribution < 1.29 is 19.1 Å². The molecule has 3 aromatic rings. The van der Waals surface area contributed by atoms with Gasteiger partial charge in [0.15, 0.2) is 0 Å². The minimum Gasteiger partial charge on any atom is -0.493 e. The van der Waals surface area contributed by atoms with Gasteiger partial charge in [-0.1, -0.05) is 11.6 Å². The lowest BCUT2D eigenvalue weighted by atomic mass is 10.0. The lowest BCUT2D eigenvalue weighted by molar-refractivity contribution is 0.0947. The molecule has 194 valence electrons. The van der Waals surface area contributed by atoms with E-state index in [-0.39, 0.29) is 17.7 Å². The first-order chi connectivity index (χ1) is 17.7. The summed E-state index contributed by atoms with van der Waals surface area (Å²) in [5.74, 6) is 0.0179. The molecule has 0 fully saturated rings. The van der Waals surface area contributed by atoms with Crippen molar-refractivity contribution in [3.63, 3.8) is 0 Å². The minimum atomic E-state index is -0.216. The third kappa shape index (κ3) is 5.79. The lowest BCUT2D eigenvalue weighted by Crippen LogP contribution is -2.31. The molecule has 0 radical (unpaired) electrons. The van der Waals surface area contributed by atoms with Crippen molar-refractivity contribution in [2.75, 3.05) is 52.8 Å². The van der Waals surface area contributed by atoms with Gasteiger partial charge in [0.05, 0.1) is 22.2 Å². The van der Waals surface area contributed by atoms with Gasteiger partial charge in [0.2, 0.25) is 0 Å². The molecule has 0 saturated heterocycles. The molecule has 1 aromatic heterocycles. The molecule has 0 saturated carbocycles. The number of rotatable bonds is 7. The topological polar surface area (TPSA) is 91.0 Å². The van der Waals surface area contributed by atoms with Gasteiger partial charge in [-0.3, -0.25) is 14.4 Å². The van der Waals surface area contributed by atoms with Crippen molar-refractivity contribution >= 4 is 46.3 Å². The molecule has 0 bridgehead atoms. The predicted molar refractivity (Wildman–Crippen MR) is 147 cm³/mol. The van der Waals surface area contributed by atoms with Crippen molar-refractivity contribution in [3.8, 4) is 16.2 Å². The minimum absolute atomic E-state index is 0.187. The summed E-state index contributed by atoms with van der Waals surface area (Å²) in [4.78, 5) is 42.9. The summed E-state index contributed by atoms with van der Waals surface area (Å²) < 4.78 is 5.90. The van der Waals surface area contributed by atoms with Gasteiger partial charge in [0.25, 0.3) is 17.7 Å².